The number of nitrogens with zero attached hydrogens (tertiary/aromatic N) is 2. The third-order valence-electron chi connectivity index (χ3n) is 2.43. The molecule has 2 rings (SSSR count). The maximum Gasteiger partial charge on any atom is 0.138 e. The van der Waals surface area contributed by atoms with E-state index in [2.05, 4.69) is 20.6 Å². The van der Waals surface area contributed by atoms with Gasteiger partial charge in [-0.15, -0.1) is 0 Å². The van der Waals surface area contributed by atoms with Crippen molar-refractivity contribution in [1.29, 1.82) is 0 Å². The van der Waals surface area contributed by atoms with Gasteiger partial charge in [-0.2, -0.15) is 0 Å². The first-order valence-electron chi connectivity index (χ1n) is 5.22. The summed E-state index contributed by atoms with van der Waals surface area (Å²) in [7, 11) is 1.80. The minimum atomic E-state index is -0.258. The Kier molecular flexibility index (Phi) is 3.18. The van der Waals surface area contributed by atoms with Gasteiger partial charge in [0.2, 0.25) is 0 Å². The van der Waals surface area contributed by atoms with Crippen molar-refractivity contribution in [2.24, 2.45) is 0 Å². The summed E-state index contributed by atoms with van der Waals surface area (Å²) >= 11 is 0. The Hall–Kier alpha value is -2.17. The van der Waals surface area contributed by atoms with Crippen molar-refractivity contribution in [2.45, 2.75) is 6.92 Å². The van der Waals surface area contributed by atoms with Crippen LogP contribution >= 0.6 is 0 Å². The van der Waals surface area contributed by atoms with Gasteiger partial charge in [-0.05, 0) is 31.2 Å². The van der Waals surface area contributed by atoms with Crippen LogP contribution in [0.2, 0.25) is 0 Å². The van der Waals surface area contributed by atoms with Gasteiger partial charge < -0.3 is 10.6 Å². The van der Waals surface area contributed by atoms with Gasteiger partial charge in [0.05, 0.1) is 0 Å². The van der Waals surface area contributed by atoms with E-state index in [4.69, 9.17) is 0 Å². The molecule has 2 aromatic rings. The number of hydrogen-bond acceptors (Lipinski definition) is 4. The maximum atomic E-state index is 12.8. The predicted octanol–water partition coefficient (Wildman–Crippen LogP) is 2.71. The van der Waals surface area contributed by atoms with Crippen molar-refractivity contribution >= 4 is 17.3 Å². The predicted molar refractivity (Wildman–Crippen MR) is 66.0 cm³/mol. The molecule has 0 radical (unpaired) electrons. The lowest BCUT2D eigenvalue weighted by atomic mass is 10.2. The molecule has 0 aliphatic rings. The molecule has 0 saturated heterocycles. The van der Waals surface area contributed by atoms with Gasteiger partial charge in [0, 0.05) is 18.3 Å². The molecule has 0 spiro atoms. The zero-order chi connectivity index (χ0) is 12.3. The number of hydrogen-bond donors (Lipinski definition) is 2. The van der Waals surface area contributed by atoms with E-state index in [1.54, 1.807) is 19.2 Å². The first-order valence-corrected chi connectivity index (χ1v) is 5.22. The molecule has 0 saturated carbocycles. The number of aromatic nitrogens is 2. The lowest BCUT2D eigenvalue weighted by Crippen LogP contribution is -2.02. The molecule has 1 aromatic heterocycles. The Morgan fingerprint density at radius 3 is 2.35 bits per heavy atom. The molecule has 5 heteroatoms. The molecule has 88 valence electrons. The van der Waals surface area contributed by atoms with Crippen LogP contribution in [0.1, 0.15) is 5.56 Å². The molecule has 1 aromatic carbocycles. The van der Waals surface area contributed by atoms with E-state index in [1.165, 1.54) is 18.5 Å². The van der Waals surface area contributed by atoms with Gasteiger partial charge in [-0.25, -0.2) is 14.4 Å². The van der Waals surface area contributed by atoms with Crippen LogP contribution < -0.4 is 10.6 Å². The topological polar surface area (TPSA) is 49.8 Å². The molecule has 0 unspecified atom stereocenters. The van der Waals surface area contributed by atoms with Crippen molar-refractivity contribution in [3.63, 3.8) is 0 Å². The van der Waals surface area contributed by atoms with E-state index in [1.807, 2.05) is 6.92 Å². The third-order valence-corrected chi connectivity index (χ3v) is 2.43. The molecule has 2 N–H and O–H groups in total. The summed E-state index contributed by atoms with van der Waals surface area (Å²) in [5.41, 5.74) is 1.70. The largest absolute Gasteiger partial charge is 0.373 e. The molecule has 1 heterocycles. The Morgan fingerprint density at radius 1 is 1.06 bits per heavy atom. The van der Waals surface area contributed by atoms with E-state index in [-0.39, 0.29) is 5.82 Å². The van der Waals surface area contributed by atoms with Crippen LogP contribution in [0.15, 0.2) is 30.6 Å². The number of rotatable bonds is 3. The molecule has 0 atom stereocenters. The lowest BCUT2D eigenvalue weighted by Gasteiger charge is -2.10. The van der Waals surface area contributed by atoms with Gasteiger partial charge >= 0.3 is 0 Å². The van der Waals surface area contributed by atoms with Crippen LogP contribution in [-0.4, -0.2) is 17.0 Å². The van der Waals surface area contributed by atoms with Crippen LogP contribution in [0.4, 0.5) is 21.7 Å². The summed E-state index contributed by atoms with van der Waals surface area (Å²) < 4.78 is 12.8. The average Bonchev–Trinajstić information content (AvgIpc) is 2.35. The van der Waals surface area contributed by atoms with Crippen LogP contribution in [0, 0.1) is 12.7 Å². The minimum absolute atomic E-state index is 0.258. The lowest BCUT2D eigenvalue weighted by molar-refractivity contribution is 0.628. The van der Waals surface area contributed by atoms with Crippen LogP contribution in [0.5, 0.6) is 0 Å². The fourth-order valence-corrected chi connectivity index (χ4v) is 1.50. The average molecular weight is 232 g/mol. The Labute approximate surface area is 98.9 Å². The highest BCUT2D eigenvalue weighted by Gasteiger charge is 2.05. The molecular formula is C12H13FN4. The molecule has 0 fully saturated rings. The summed E-state index contributed by atoms with van der Waals surface area (Å²) in [5, 5.41) is 6.10. The maximum absolute atomic E-state index is 12.8. The Bertz CT molecular complexity index is 510. The zero-order valence-electron chi connectivity index (χ0n) is 9.66. The van der Waals surface area contributed by atoms with Crippen LogP contribution in [0.3, 0.4) is 0 Å². The number of anilines is 3. The summed E-state index contributed by atoms with van der Waals surface area (Å²) in [5.74, 6) is 1.21. The fourth-order valence-electron chi connectivity index (χ4n) is 1.50. The van der Waals surface area contributed by atoms with Gasteiger partial charge in [0.1, 0.15) is 23.8 Å². The Morgan fingerprint density at radius 2 is 1.71 bits per heavy atom. The third kappa shape index (κ3) is 2.50. The molecule has 4 nitrogen and oxygen atoms in total. The first-order chi connectivity index (χ1) is 8.20. The van der Waals surface area contributed by atoms with Crippen LogP contribution in [0.25, 0.3) is 0 Å². The summed E-state index contributed by atoms with van der Waals surface area (Å²) in [6.07, 6.45) is 1.48. The summed E-state index contributed by atoms with van der Waals surface area (Å²) in [6, 6.07) is 6.13. The quantitative estimate of drug-likeness (QED) is 0.854. The SMILES string of the molecule is CNc1ncnc(Nc2ccc(F)cc2)c1C. The van der Waals surface area contributed by atoms with Crippen molar-refractivity contribution in [1.82, 2.24) is 9.97 Å². The second-order valence-corrected chi connectivity index (χ2v) is 3.58. The Balaban J connectivity index is 2.27. The smallest absolute Gasteiger partial charge is 0.138 e. The van der Waals surface area contributed by atoms with Crippen LogP contribution in [-0.2, 0) is 0 Å². The van der Waals surface area contributed by atoms with Gasteiger partial charge in [-0.3, -0.25) is 0 Å². The first kappa shape index (κ1) is 11.3. The van der Waals surface area contributed by atoms with Gasteiger partial charge in [-0.1, -0.05) is 0 Å². The molecule has 0 bridgehead atoms. The van der Waals surface area contributed by atoms with Crippen molar-refractivity contribution in [2.75, 3.05) is 17.7 Å². The van der Waals surface area contributed by atoms with E-state index in [0.717, 1.165) is 17.1 Å². The van der Waals surface area contributed by atoms with E-state index >= 15 is 0 Å². The standard InChI is InChI=1S/C12H13FN4/c1-8-11(14-2)15-7-16-12(8)17-10-5-3-9(13)4-6-10/h3-7H,1-2H3,(H2,14,15,16,17). The molecule has 0 aliphatic carbocycles. The van der Waals surface area contributed by atoms with Crippen molar-refractivity contribution in [3.05, 3.63) is 42.0 Å². The van der Waals surface area contributed by atoms with Crippen molar-refractivity contribution in [3.8, 4) is 0 Å². The normalized spacial score (nSPS) is 10.1. The van der Waals surface area contributed by atoms with Crippen molar-refractivity contribution < 1.29 is 4.39 Å². The summed E-state index contributed by atoms with van der Waals surface area (Å²) in [6.45, 7) is 1.91. The number of nitrogens with one attached hydrogen (secondary N) is 2. The number of halogens is 1. The zero-order valence-corrected chi connectivity index (χ0v) is 9.66. The molecule has 0 amide bonds. The van der Waals surface area contributed by atoms with Gasteiger partial charge in [0.15, 0.2) is 0 Å². The number of benzene rings is 1. The van der Waals surface area contributed by atoms with E-state index in [9.17, 15) is 4.39 Å². The second-order valence-electron chi connectivity index (χ2n) is 3.58. The van der Waals surface area contributed by atoms with E-state index in [0.29, 0.717) is 5.82 Å². The fraction of sp³-hybridized carbons (Fsp3) is 0.167. The summed E-state index contributed by atoms with van der Waals surface area (Å²) in [4.78, 5) is 8.24. The minimum Gasteiger partial charge on any atom is -0.373 e. The molecule has 0 aliphatic heterocycles. The van der Waals surface area contributed by atoms with Gasteiger partial charge in [0.25, 0.3) is 0 Å². The monoisotopic (exact) mass is 232 g/mol. The molecular weight excluding hydrogens is 219 g/mol. The highest BCUT2D eigenvalue weighted by Crippen LogP contribution is 2.21. The highest BCUT2D eigenvalue weighted by atomic mass is 19.1. The van der Waals surface area contributed by atoms with E-state index < -0.39 is 0 Å². The second kappa shape index (κ2) is 4.78. The molecule has 17 heavy (non-hydrogen) atoms. The highest BCUT2D eigenvalue weighted by molar-refractivity contribution is 5.63.